The molecule has 96 valence electrons. The van der Waals surface area contributed by atoms with Crippen LogP contribution in [-0.2, 0) is 0 Å². The third-order valence-electron chi connectivity index (χ3n) is 3.93. The molecule has 2 heterocycles. The summed E-state index contributed by atoms with van der Waals surface area (Å²) in [5.74, 6) is 0.859. The van der Waals surface area contributed by atoms with Crippen LogP contribution in [0.15, 0.2) is 16.8 Å². The van der Waals surface area contributed by atoms with Crippen LogP contribution < -0.4 is 5.73 Å². The van der Waals surface area contributed by atoms with E-state index in [4.69, 9.17) is 5.73 Å². The smallest absolute Gasteiger partial charge is 0.0507 e. The quantitative estimate of drug-likeness (QED) is 0.894. The van der Waals surface area contributed by atoms with E-state index >= 15 is 0 Å². The summed E-state index contributed by atoms with van der Waals surface area (Å²) >= 11 is 1.77. The van der Waals surface area contributed by atoms with Gasteiger partial charge in [-0.05, 0) is 61.5 Å². The highest BCUT2D eigenvalue weighted by molar-refractivity contribution is 7.07. The Morgan fingerprint density at radius 1 is 1.47 bits per heavy atom. The number of thiophene rings is 1. The summed E-state index contributed by atoms with van der Waals surface area (Å²) in [6.45, 7) is 8.02. The van der Waals surface area contributed by atoms with Crippen molar-refractivity contribution >= 4 is 11.3 Å². The maximum atomic E-state index is 6.22. The van der Waals surface area contributed by atoms with Crippen LogP contribution in [0.3, 0.4) is 0 Å². The van der Waals surface area contributed by atoms with Gasteiger partial charge < -0.3 is 5.73 Å². The third kappa shape index (κ3) is 2.90. The first-order valence-electron chi connectivity index (χ1n) is 6.63. The molecule has 1 aromatic heterocycles. The number of hydrogen-bond donors (Lipinski definition) is 1. The molecule has 3 heteroatoms. The molecular weight excluding hydrogens is 228 g/mol. The second-order valence-electron chi connectivity index (χ2n) is 5.58. The van der Waals surface area contributed by atoms with E-state index in [2.05, 4.69) is 42.5 Å². The molecule has 1 saturated heterocycles. The van der Waals surface area contributed by atoms with Gasteiger partial charge >= 0.3 is 0 Å². The first-order valence-corrected chi connectivity index (χ1v) is 7.57. The lowest BCUT2D eigenvalue weighted by atomic mass is 9.89. The van der Waals surface area contributed by atoms with Crippen molar-refractivity contribution in [1.82, 2.24) is 4.90 Å². The summed E-state index contributed by atoms with van der Waals surface area (Å²) in [6.07, 6.45) is 2.60. The van der Waals surface area contributed by atoms with Gasteiger partial charge in [0.05, 0.1) is 6.04 Å². The Labute approximate surface area is 109 Å². The fourth-order valence-corrected chi connectivity index (χ4v) is 3.77. The zero-order valence-electron chi connectivity index (χ0n) is 11.1. The molecule has 4 unspecified atom stereocenters. The first-order chi connectivity index (χ1) is 8.09. The summed E-state index contributed by atoms with van der Waals surface area (Å²) in [4.78, 5) is 2.60. The van der Waals surface area contributed by atoms with Gasteiger partial charge in [0.2, 0.25) is 0 Å². The van der Waals surface area contributed by atoms with Crippen LogP contribution in [0.2, 0.25) is 0 Å². The molecule has 0 saturated carbocycles. The van der Waals surface area contributed by atoms with Crippen molar-refractivity contribution in [3.8, 4) is 0 Å². The topological polar surface area (TPSA) is 29.3 Å². The molecule has 2 N–H and O–H groups in total. The number of rotatable bonds is 3. The largest absolute Gasteiger partial charge is 0.326 e. The van der Waals surface area contributed by atoms with Crippen LogP contribution >= 0.6 is 11.3 Å². The van der Waals surface area contributed by atoms with Gasteiger partial charge in [0.25, 0.3) is 0 Å². The van der Waals surface area contributed by atoms with Crippen LogP contribution in [0.1, 0.15) is 45.2 Å². The predicted octanol–water partition coefficient (Wildman–Crippen LogP) is 3.26. The molecule has 0 aliphatic carbocycles. The Hall–Kier alpha value is -0.380. The van der Waals surface area contributed by atoms with Crippen molar-refractivity contribution in [2.75, 3.05) is 6.54 Å². The zero-order chi connectivity index (χ0) is 12.4. The molecule has 2 nitrogen and oxygen atoms in total. The van der Waals surface area contributed by atoms with E-state index in [0.717, 1.165) is 5.92 Å². The Bertz CT molecular complexity index is 334. The fourth-order valence-electron chi connectivity index (χ4n) is 3.08. The Morgan fingerprint density at radius 3 is 2.76 bits per heavy atom. The van der Waals surface area contributed by atoms with Gasteiger partial charge in [-0.15, -0.1) is 0 Å². The van der Waals surface area contributed by atoms with E-state index in [1.165, 1.54) is 24.9 Å². The first kappa shape index (κ1) is 13.1. The number of hydrogen-bond acceptors (Lipinski definition) is 3. The van der Waals surface area contributed by atoms with Crippen LogP contribution in [-0.4, -0.2) is 23.5 Å². The van der Waals surface area contributed by atoms with Crippen LogP contribution in [0.5, 0.6) is 0 Å². The van der Waals surface area contributed by atoms with E-state index in [1.54, 1.807) is 11.3 Å². The Kier molecular flexibility index (Phi) is 4.23. The van der Waals surface area contributed by atoms with Crippen molar-refractivity contribution < 1.29 is 0 Å². The Morgan fingerprint density at radius 2 is 2.24 bits per heavy atom. The third-order valence-corrected chi connectivity index (χ3v) is 4.63. The lowest BCUT2D eigenvalue weighted by Crippen LogP contribution is -2.47. The second kappa shape index (κ2) is 5.51. The number of piperidine rings is 1. The summed E-state index contributed by atoms with van der Waals surface area (Å²) in [7, 11) is 0. The van der Waals surface area contributed by atoms with Gasteiger partial charge in [0, 0.05) is 12.1 Å². The molecule has 0 aromatic carbocycles. The molecule has 0 bridgehead atoms. The monoisotopic (exact) mass is 252 g/mol. The lowest BCUT2D eigenvalue weighted by molar-refractivity contribution is 0.0710. The summed E-state index contributed by atoms with van der Waals surface area (Å²) in [5, 5.41) is 4.40. The summed E-state index contributed by atoms with van der Waals surface area (Å²) in [5.41, 5.74) is 7.61. The van der Waals surface area contributed by atoms with E-state index < -0.39 is 0 Å². The van der Waals surface area contributed by atoms with Crippen molar-refractivity contribution in [2.24, 2.45) is 11.7 Å². The summed E-state index contributed by atoms with van der Waals surface area (Å²) < 4.78 is 0. The molecule has 1 aromatic rings. The fraction of sp³-hybridized carbons (Fsp3) is 0.714. The van der Waals surface area contributed by atoms with E-state index in [-0.39, 0.29) is 6.04 Å². The normalized spacial score (nSPS) is 30.1. The van der Waals surface area contributed by atoms with E-state index in [1.807, 2.05) is 0 Å². The highest BCUT2D eigenvalue weighted by Gasteiger charge is 2.31. The van der Waals surface area contributed by atoms with Crippen molar-refractivity contribution in [3.63, 3.8) is 0 Å². The van der Waals surface area contributed by atoms with Gasteiger partial charge in [-0.25, -0.2) is 0 Å². The van der Waals surface area contributed by atoms with Crippen LogP contribution in [0.25, 0.3) is 0 Å². The number of likely N-dealkylation sites (tertiary alicyclic amines) is 1. The van der Waals surface area contributed by atoms with Crippen molar-refractivity contribution in [2.45, 2.75) is 51.7 Å². The highest BCUT2D eigenvalue weighted by Crippen LogP contribution is 2.33. The molecule has 1 aliphatic heterocycles. The van der Waals surface area contributed by atoms with E-state index in [0.29, 0.717) is 12.1 Å². The minimum atomic E-state index is 0.195. The standard InChI is InChI=1S/C14H24N2S/c1-10-4-6-16(11(2)8-10)14(12(3)15)13-5-7-17-9-13/h5,7,9-12,14H,4,6,8,15H2,1-3H3. The highest BCUT2D eigenvalue weighted by atomic mass is 32.1. The molecule has 17 heavy (non-hydrogen) atoms. The van der Waals surface area contributed by atoms with Gasteiger partial charge in [-0.1, -0.05) is 6.92 Å². The summed E-state index contributed by atoms with van der Waals surface area (Å²) in [6, 6.07) is 3.46. The molecule has 1 aliphatic rings. The average molecular weight is 252 g/mol. The minimum Gasteiger partial charge on any atom is -0.326 e. The molecule has 4 atom stereocenters. The maximum Gasteiger partial charge on any atom is 0.0507 e. The van der Waals surface area contributed by atoms with Gasteiger partial charge in [-0.3, -0.25) is 4.90 Å². The SMILES string of the molecule is CC1CCN(C(c2ccsc2)C(C)N)C(C)C1. The minimum absolute atomic E-state index is 0.195. The Balaban J connectivity index is 2.17. The van der Waals surface area contributed by atoms with Gasteiger partial charge in [-0.2, -0.15) is 11.3 Å². The average Bonchev–Trinajstić information content (AvgIpc) is 2.74. The van der Waals surface area contributed by atoms with Crippen molar-refractivity contribution in [3.05, 3.63) is 22.4 Å². The molecule has 1 fully saturated rings. The van der Waals surface area contributed by atoms with E-state index in [9.17, 15) is 0 Å². The predicted molar refractivity (Wildman–Crippen MR) is 75.3 cm³/mol. The number of nitrogens with two attached hydrogens (primary N) is 1. The van der Waals surface area contributed by atoms with Gasteiger partial charge in [0.1, 0.15) is 0 Å². The van der Waals surface area contributed by atoms with Crippen LogP contribution in [0, 0.1) is 5.92 Å². The van der Waals surface area contributed by atoms with Crippen molar-refractivity contribution in [1.29, 1.82) is 0 Å². The molecule has 0 amide bonds. The molecule has 0 spiro atoms. The molecule has 0 radical (unpaired) electrons. The lowest BCUT2D eigenvalue weighted by Gasteiger charge is -2.43. The number of nitrogens with zero attached hydrogens (tertiary/aromatic N) is 1. The maximum absolute atomic E-state index is 6.22. The van der Waals surface area contributed by atoms with Gasteiger partial charge in [0.15, 0.2) is 0 Å². The molecular formula is C14H24N2S. The molecule has 2 rings (SSSR count). The zero-order valence-corrected chi connectivity index (χ0v) is 11.9. The van der Waals surface area contributed by atoms with Crippen LogP contribution in [0.4, 0.5) is 0 Å². The second-order valence-corrected chi connectivity index (χ2v) is 6.36.